The Hall–Kier alpha value is -3.26. The van der Waals surface area contributed by atoms with Gasteiger partial charge < -0.3 is 19.2 Å². The maximum atomic E-state index is 5.48. The second-order valence-electron chi connectivity index (χ2n) is 5.63. The van der Waals surface area contributed by atoms with Crippen LogP contribution in [-0.4, -0.2) is 43.7 Å². The standard InChI is InChI=1S/C20H22N4O3S/c1-5-8-22-20-24(23-12-15-7-6-9-21-15)16(13-28-20)14-10-17(25-2)19(27-4)18(11-14)26-3/h5-7,9-13,21H,1,8H2,2-4H3. The average molecular weight is 398 g/mol. The molecule has 0 saturated carbocycles. The topological polar surface area (TPSA) is 73.1 Å². The number of methoxy groups -OCH3 is 3. The van der Waals surface area contributed by atoms with Crippen molar-refractivity contribution in [3.8, 4) is 28.5 Å². The van der Waals surface area contributed by atoms with Crippen LogP contribution in [0.3, 0.4) is 0 Å². The normalized spacial score (nSPS) is 11.8. The summed E-state index contributed by atoms with van der Waals surface area (Å²) in [4.78, 5) is 8.41. The van der Waals surface area contributed by atoms with E-state index in [-0.39, 0.29) is 0 Å². The monoisotopic (exact) mass is 398 g/mol. The molecule has 2 aromatic heterocycles. The number of hydrogen-bond acceptors (Lipinski definition) is 6. The molecule has 3 aromatic rings. The van der Waals surface area contributed by atoms with Gasteiger partial charge in [0.25, 0.3) is 0 Å². The van der Waals surface area contributed by atoms with Crippen molar-refractivity contribution in [3.63, 3.8) is 0 Å². The van der Waals surface area contributed by atoms with E-state index in [1.807, 2.05) is 35.8 Å². The lowest BCUT2D eigenvalue weighted by atomic mass is 10.1. The Balaban J connectivity index is 2.16. The zero-order chi connectivity index (χ0) is 19.9. The number of aromatic nitrogens is 2. The second-order valence-corrected chi connectivity index (χ2v) is 6.47. The van der Waals surface area contributed by atoms with Crippen LogP contribution < -0.4 is 19.0 Å². The number of H-pyrrole nitrogens is 1. The van der Waals surface area contributed by atoms with Crippen LogP contribution in [0.1, 0.15) is 5.69 Å². The lowest BCUT2D eigenvalue weighted by molar-refractivity contribution is 0.324. The molecule has 0 bridgehead atoms. The van der Waals surface area contributed by atoms with E-state index < -0.39 is 0 Å². The molecule has 7 nitrogen and oxygen atoms in total. The van der Waals surface area contributed by atoms with Crippen molar-refractivity contribution >= 4 is 17.6 Å². The van der Waals surface area contributed by atoms with Crippen LogP contribution in [-0.2, 0) is 0 Å². The van der Waals surface area contributed by atoms with E-state index in [4.69, 9.17) is 14.2 Å². The molecule has 0 unspecified atom stereocenters. The Bertz CT molecular complexity index is 1010. The Morgan fingerprint density at radius 2 is 1.93 bits per heavy atom. The van der Waals surface area contributed by atoms with E-state index in [1.165, 1.54) is 11.3 Å². The molecule has 0 aliphatic rings. The number of ether oxygens (including phenoxy) is 3. The van der Waals surface area contributed by atoms with Gasteiger partial charge in [0.2, 0.25) is 10.6 Å². The van der Waals surface area contributed by atoms with Gasteiger partial charge in [-0.2, -0.15) is 5.10 Å². The average Bonchev–Trinajstić information content (AvgIpc) is 3.39. The molecular weight excluding hydrogens is 376 g/mol. The number of rotatable bonds is 8. The minimum Gasteiger partial charge on any atom is -0.493 e. The maximum absolute atomic E-state index is 5.48. The summed E-state index contributed by atoms with van der Waals surface area (Å²) in [7, 11) is 4.77. The zero-order valence-corrected chi connectivity index (χ0v) is 16.8. The van der Waals surface area contributed by atoms with Crippen LogP contribution in [0.4, 0.5) is 0 Å². The van der Waals surface area contributed by atoms with Crippen LogP contribution in [0, 0.1) is 0 Å². The molecule has 28 heavy (non-hydrogen) atoms. The van der Waals surface area contributed by atoms with Crippen molar-refractivity contribution in [2.45, 2.75) is 0 Å². The predicted molar refractivity (Wildman–Crippen MR) is 112 cm³/mol. The van der Waals surface area contributed by atoms with Gasteiger partial charge in [-0.25, -0.2) is 4.68 Å². The van der Waals surface area contributed by atoms with E-state index in [0.29, 0.717) is 23.8 Å². The molecule has 0 saturated heterocycles. The molecule has 0 aliphatic carbocycles. The van der Waals surface area contributed by atoms with Gasteiger partial charge in [0.15, 0.2) is 11.5 Å². The first-order chi connectivity index (χ1) is 13.7. The molecule has 0 aliphatic heterocycles. The molecule has 0 amide bonds. The highest BCUT2D eigenvalue weighted by molar-refractivity contribution is 7.07. The summed E-state index contributed by atoms with van der Waals surface area (Å²) in [6.45, 7) is 4.24. The van der Waals surface area contributed by atoms with Crippen LogP contribution in [0.2, 0.25) is 0 Å². The van der Waals surface area contributed by atoms with Crippen molar-refractivity contribution in [2.24, 2.45) is 10.1 Å². The van der Waals surface area contributed by atoms with Crippen molar-refractivity contribution in [2.75, 3.05) is 27.9 Å². The first kappa shape index (κ1) is 19.5. The fourth-order valence-electron chi connectivity index (χ4n) is 2.63. The molecule has 0 atom stereocenters. The van der Waals surface area contributed by atoms with Gasteiger partial charge >= 0.3 is 0 Å². The Kier molecular flexibility index (Phi) is 6.33. The largest absolute Gasteiger partial charge is 0.493 e. The van der Waals surface area contributed by atoms with Crippen molar-refractivity contribution in [1.82, 2.24) is 9.66 Å². The quantitative estimate of drug-likeness (QED) is 0.466. The highest BCUT2D eigenvalue weighted by atomic mass is 32.1. The Morgan fingerprint density at radius 1 is 1.18 bits per heavy atom. The summed E-state index contributed by atoms with van der Waals surface area (Å²) >= 11 is 1.50. The first-order valence-corrected chi connectivity index (χ1v) is 9.39. The van der Waals surface area contributed by atoms with E-state index in [0.717, 1.165) is 21.8 Å². The van der Waals surface area contributed by atoms with Crippen LogP contribution >= 0.6 is 11.3 Å². The molecule has 1 aromatic carbocycles. The van der Waals surface area contributed by atoms with Crippen LogP contribution in [0.25, 0.3) is 11.3 Å². The number of nitrogens with one attached hydrogen (secondary N) is 1. The van der Waals surface area contributed by atoms with Crippen LogP contribution in [0.5, 0.6) is 17.2 Å². The molecule has 146 valence electrons. The number of thiazole rings is 1. The lowest BCUT2D eigenvalue weighted by Gasteiger charge is -2.14. The second kappa shape index (κ2) is 9.09. The first-order valence-electron chi connectivity index (χ1n) is 8.51. The summed E-state index contributed by atoms with van der Waals surface area (Å²) in [5.41, 5.74) is 2.62. The zero-order valence-electron chi connectivity index (χ0n) is 16.0. The third-order valence-electron chi connectivity index (χ3n) is 3.94. The SMILES string of the molecule is C=CCN=c1scc(-c2cc(OC)c(OC)c(OC)c2)n1N=Cc1ccc[nH]1. The summed E-state index contributed by atoms with van der Waals surface area (Å²) < 4.78 is 18.2. The number of aromatic amines is 1. The summed E-state index contributed by atoms with van der Waals surface area (Å²) in [5, 5.41) is 6.62. The van der Waals surface area contributed by atoms with E-state index in [9.17, 15) is 0 Å². The molecule has 0 fully saturated rings. The van der Waals surface area contributed by atoms with Crippen molar-refractivity contribution in [1.29, 1.82) is 0 Å². The summed E-state index contributed by atoms with van der Waals surface area (Å²) in [5.74, 6) is 1.70. The minimum absolute atomic E-state index is 0.507. The minimum atomic E-state index is 0.507. The third-order valence-corrected chi connectivity index (χ3v) is 4.79. The number of nitrogens with zero attached hydrogens (tertiary/aromatic N) is 3. The molecule has 8 heteroatoms. The predicted octanol–water partition coefficient (Wildman–Crippen LogP) is 3.54. The Morgan fingerprint density at radius 3 is 2.50 bits per heavy atom. The molecule has 2 heterocycles. The van der Waals surface area contributed by atoms with Gasteiger partial charge in [0.05, 0.1) is 45.5 Å². The fourth-order valence-corrected chi connectivity index (χ4v) is 3.48. The third kappa shape index (κ3) is 4.01. The maximum Gasteiger partial charge on any atom is 0.206 e. The highest BCUT2D eigenvalue weighted by Gasteiger charge is 2.16. The number of hydrogen-bond donors (Lipinski definition) is 1. The Labute approximate surface area is 167 Å². The van der Waals surface area contributed by atoms with E-state index in [2.05, 4.69) is 21.7 Å². The number of benzene rings is 1. The molecule has 0 spiro atoms. The molecular formula is C20H22N4O3S. The van der Waals surface area contributed by atoms with Crippen LogP contribution in [0.15, 0.2) is 58.6 Å². The molecule has 1 N–H and O–H groups in total. The van der Waals surface area contributed by atoms with Gasteiger partial charge in [0.1, 0.15) is 0 Å². The van der Waals surface area contributed by atoms with Gasteiger partial charge in [0, 0.05) is 17.1 Å². The van der Waals surface area contributed by atoms with Gasteiger partial charge in [-0.3, -0.25) is 4.99 Å². The smallest absolute Gasteiger partial charge is 0.206 e. The summed E-state index contributed by atoms with van der Waals surface area (Å²) in [6, 6.07) is 7.64. The molecule has 3 rings (SSSR count). The molecule has 0 radical (unpaired) electrons. The van der Waals surface area contributed by atoms with Gasteiger partial charge in [-0.05, 0) is 24.3 Å². The summed E-state index contributed by atoms with van der Waals surface area (Å²) in [6.07, 6.45) is 5.35. The van der Waals surface area contributed by atoms with Gasteiger partial charge in [-0.15, -0.1) is 17.9 Å². The highest BCUT2D eigenvalue weighted by Crippen LogP contribution is 2.41. The fraction of sp³-hybridized carbons (Fsp3) is 0.200. The van der Waals surface area contributed by atoms with Crippen molar-refractivity contribution < 1.29 is 14.2 Å². The van der Waals surface area contributed by atoms with E-state index >= 15 is 0 Å². The van der Waals surface area contributed by atoms with Gasteiger partial charge in [-0.1, -0.05) is 6.08 Å². The van der Waals surface area contributed by atoms with Crippen molar-refractivity contribution in [3.05, 3.63) is 59.0 Å². The van der Waals surface area contributed by atoms with E-state index in [1.54, 1.807) is 38.3 Å². The lowest BCUT2D eigenvalue weighted by Crippen LogP contribution is -2.12.